The van der Waals surface area contributed by atoms with Crippen molar-refractivity contribution in [3.63, 3.8) is 0 Å². The molecule has 1 N–H and O–H groups in total. The van der Waals surface area contributed by atoms with Gasteiger partial charge in [-0.2, -0.15) is 0 Å². The first-order chi connectivity index (χ1) is 12.7. The zero-order valence-corrected chi connectivity index (χ0v) is 16.4. The number of hydrogen-bond acceptors (Lipinski definition) is 4. The van der Waals surface area contributed by atoms with Gasteiger partial charge in [-0.15, -0.1) is 12.4 Å². The highest BCUT2D eigenvalue weighted by atomic mass is 35.5. The summed E-state index contributed by atoms with van der Waals surface area (Å²) in [5, 5.41) is 3.33. The normalized spacial score (nSPS) is 22.9. The number of halogens is 1. The lowest BCUT2D eigenvalue weighted by Crippen LogP contribution is -2.48. The second-order valence-electron chi connectivity index (χ2n) is 7.45. The van der Waals surface area contributed by atoms with Crippen molar-refractivity contribution >= 4 is 29.9 Å². The Hall–Kier alpha value is -1.63. The molecular formula is C20H28ClN3O3. The van der Waals surface area contributed by atoms with Gasteiger partial charge in [0.25, 0.3) is 0 Å². The zero-order chi connectivity index (χ0) is 17.9. The van der Waals surface area contributed by atoms with Gasteiger partial charge in [0.15, 0.2) is 0 Å². The Morgan fingerprint density at radius 1 is 1.15 bits per heavy atom. The Balaban J connectivity index is 0.00000210. The number of hydrogen-bond donors (Lipinski definition) is 1. The Morgan fingerprint density at radius 3 is 2.67 bits per heavy atom. The summed E-state index contributed by atoms with van der Waals surface area (Å²) < 4.78 is 5.42. The number of anilines is 1. The molecule has 0 spiro atoms. The predicted octanol–water partition coefficient (Wildman–Crippen LogP) is 1.61. The highest BCUT2D eigenvalue weighted by Crippen LogP contribution is 2.31. The number of rotatable bonds is 3. The maximum atomic E-state index is 13.0. The van der Waals surface area contributed by atoms with E-state index in [1.54, 1.807) is 0 Å². The first kappa shape index (κ1) is 20.1. The second kappa shape index (κ2) is 9.04. The van der Waals surface area contributed by atoms with Crippen LogP contribution in [0.5, 0.6) is 0 Å². The van der Waals surface area contributed by atoms with Crippen LogP contribution >= 0.6 is 12.4 Å². The molecular weight excluding hydrogens is 366 g/mol. The van der Waals surface area contributed by atoms with Crippen molar-refractivity contribution in [1.29, 1.82) is 0 Å². The zero-order valence-electron chi connectivity index (χ0n) is 15.6. The molecule has 0 aromatic heterocycles. The third-order valence-electron chi connectivity index (χ3n) is 5.77. The van der Waals surface area contributed by atoms with Gasteiger partial charge >= 0.3 is 0 Å². The van der Waals surface area contributed by atoms with Crippen LogP contribution in [0.1, 0.15) is 24.8 Å². The number of fused-ring (bicyclic) bond motifs is 1. The molecule has 2 amide bonds. The van der Waals surface area contributed by atoms with Crippen molar-refractivity contribution in [1.82, 2.24) is 10.2 Å². The molecule has 1 atom stereocenters. The van der Waals surface area contributed by atoms with Crippen LogP contribution < -0.4 is 10.2 Å². The van der Waals surface area contributed by atoms with Crippen LogP contribution in [-0.2, 0) is 20.7 Å². The fraction of sp³-hybridized carbons (Fsp3) is 0.600. The average Bonchev–Trinajstić information content (AvgIpc) is 3.12. The topological polar surface area (TPSA) is 61.9 Å². The number of nitrogens with zero attached hydrogens (tertiary/aromatic N) is 2. The third kappa shape index (κ3) is 4.45. The van der Waals surface area contributed by atoms with E-state index in [1.165, 1.54) is 5.56 Å². The second-order valence-corrected chi connectivity index (χ2v) is 7.45. The van der Waals surface area contributed by atoms with Gasteiger partial charge < -0.3 is 19.9 Å². The minimum atomic E-state index is 0. The largest absolute Gasteiger partial charge is 0.378 e. The molecule has 0 aliphatic carbocycles. The lowest BCUT2D eigenvalue weighted by molar-refractivity contribution is -0.136. The SMILES string of the molecule is Cl.O=C(CC1COCCN1)N1CCC(C(=O)N2CCc3ccccc32)CC1. The van der Waals surface area contributed by atoms with Crippen LogP contribution in [-0.4, -0.2) is 62.1 Å². The molecule has 2 fully saturated rings. The molecule has 3 aliphatic rings. The number of piperidine rings is 1. The highest BCUT2D eigenvalue weighted by Gasteiger charge is 2.33. The lowest BCUT2D eigenvalue weighted by Gasteiger charge is -2.34. The molecule has 1 aromatic carbocycles. The van der Waals surface area contributed by atoms with E-state index < -0.39 is 0 Å². The molecule has 3 aliphatic heterocycles. The molecule has 0 saturated carbocycles. The fourth-order valence-electron chi connectivity index (χ4n) is 4.25. The van der Waals surface area contributed by atoms with Crippen LogP contribution in [0.2, 0.25) is 0 Å². The third-order valence-corrected chi connectivity index (χ3v) is 5.77. The van der Waals surface area contributed by atoms with Gasteiger partial charge in [-0.1, -0.05) is 18.2 Å². The number of nitrogens with one attached hydrogen (secondary N) is 1. The van der Waals surface area contributed by atoms with Gasteiger partial charge in [-0.3, -0.25) is 9.59 Å². The molecule has 148 valence electrons. The van der Waals surface area contributed by atoms with Crippen LogP contribution in [0.15, 0.2) is 24.3 Å². The number of amides is 2. The first-order valence-electron chi connectivity index (χ1n) is 9.70. The Morgan fingerprint density at radius 2 is 1.93 bits per heavy atom. The van der Waals surface area contributed by atoms with E-state index >= 15 is 0 Å². The molecule has 6 nitrogen and oxygen atoms in total. The summed E-state index contributed by atoms with van der Waals surface area (Å²) in [6.07, 6.45) is 2.95. The Labute approximate surface area is 166 Å². The molecule has 0 radical (unpaired) electrons. The van der Waals surface area contributed by atoms with E-state index in [0.29, 0.717) is 26.1 Å². The number of carbonyl (C=O) groups is 2. The number of ether oxygens (including phenoxy) is 1. The number of benzene rings is 1. The summed E-state index contributed by atoms with van der Waals surface area (Å²) in [6, 6.07) is 8.29. The van der Waals surface area contributed by atoms with Crippen molar-refractivity contribution in [3.05, 3.63) is 29.8 Å². The standard InChI is InChI=1S/C20H27N3O3.ClH/c24-19(13-17-14-26-12-8-21-17)22-9-5-16(6-10-22)20(25)23-11-7-15-3-1-2-4-18(15)23;/h1-4,16-17,21H,5-14H2;1H. The molecule has 1 aromatic rings. The number of morpholine rings is 1. The van der Waals surface area contributed by atoms with Crippen molar-refractivity contribution in [2.45, 2.75) is 31.7 Å². The molecule has 7 heteroatoms. The quantitative estimate of drug-likeness (QED) is 0.847. The van der Waals surface area contributed by atoms with Crippen molar-refractivity contribution in [2.75, 3.05) is 44.3 Å². The smallest absolute Gasteiger partial charge is 0.230 e. The van der Waals surface area contributed by atoms with Crippen molar-refractivity contribution in [3.8, 4) is 0 Å². The van der Waals surface area contributed by atoms with Gasteiger partial charge in [0, 0.05) is 50.2 Å². The first-order valence-corrected chi connectivity index (χ1v) is 9.70. The minimum absolute atomic E-state index is 0. The van der Waals surface area contributed by atoms with Gasteiger partial charge in [0.2, 0.25) is 11.8 Å². The van der Waals surface area contributed by atoms with E-state index in [4.69, 9.17) is 4.74 Å². The van der Waals surface area contributed by atoms with Crippen molar-refractivity contribution < 1.29 is 14.3 Å². The van der Waals surface area contributed by atoms with E-state index in [9.17, 15) is 9.59 Å². The summed E-state index contributed by atoms with van der Waals surface area (Å²) >= 11 is 0. The van der Waals surface area contributed by atoms with E-state index in [2.05, 4.69) is 11.4 Å². The monoisotopic (exact) mass is 393 g/mol. The molecule has 1 unspecified atom stereocenters. The maximum Gasteiger partial charge on any atom is 0.230 e. The number of para-hydroxylation sites is 1. The van der Waals surface area contributed by atoms with Gasteiger partial charge in [0.05, 0.1) is 13.2 Å². The summed E-state index contributed by atoms with van der Waals surface area (Å²) in [5.74, 6) is 0.427. The molecule has 2 saturated heterocycles. The summed E-state index contributed by atoms with van der Waals surface area (Å²) in [4.78, 5) is 29.3. The Bertz CT molecular complexity index is 670. The van der Waals surface area contributed by atoms with Gasteiger partial charge in [-0.25, -0.2) is 0 Å². The summed E-state index contributed by atoms with van der Waals surface area (Å²) in [7, 11) is 0. The molecule has 0 bridgehead atoms. The minimum Gasteiger partial charge on any atom is -0.378 e. The molecule has 27 heavy (non-hydrogen) atoms. The van der Waals surface area contributed by atoms with Crippen LogP contribution in [0, 0.1) is 5.92 Å². The lowest BCUT2D eigenvalue weighted by atomic mass is 9.94. The number of likely N-dealkylation sites (tertiary alicyclic amines) is 1. The fourth-order valence-corrected chi connectivity index (χ4v) is 4.25. The number of carbonyl (C=O) groups excluding carboxylic acids is 2. The summed E-state index contributed by atoms with van der Waals surface area (Å²) in [6.45, 7) is 4.28. The molecule has 3 heterocycles. The van der Waals surface area contributed by atoms with E-state index in [1.807, 2.05) is 28.0 Å². The van der Waals surface area contributed by atoms with Gasteiger partial charge in [-0.05, 0) is 30.9 Å². The van der Waals surface area contributed by atoms with E-state index in [0.717, 1.165) is 44.6 Å². The maximum absolute atomic E-state index is 13.0. The van der Waals surface area contributed by atoms with Crippen molar-refractivity contribution in [2.24, 2.45) is 5.92 Å². The van der Waals surface area contributed by atoms with Crippen LogP contribution in [0.25, 0.3) is 0 Å². The van der Waals surface area contributed by atoms with Crippen LogP contribution in [0.4, 0.5) is 5.69 Å². The van der Waals surface area contributed by atoms with E-state index in [-0.39, 0.29) is 36.2 Å². The average molecular weight is 394 g/mol. The van der Waals surface area contributed by atoms with Crippen LogP contribution in [0.3, 0.4) is 0 Å². The molecule has 4 rings (SSSR count). The predicted molar refractivity (Wildman–Crippen MR) is 106 cm³/mol. The highest BCUT2D eigenvalue weighted by molar-refractivity contribution is 5.97. The summed E-state index contributed by atoms with van der Waals surface area (Å²) in [5.41, 5.74) is 2.33. The van der Waals surface area contributed by atoms with Gasteiger partial charge in [0.1, 0.15) is 0 Å². The Kier molecular flexibility index (Phi) is 6.73.